The maximum atomic E-state index is 9.50. The summed E-state index contributed by atoms with van der Waals surface area (Å²) in [6.45, 7) is -0.0969. The van der Waals surface area contributed by atoms with E-state index in [1.165, 1.54) is 14.2 Å². The van der Waals surface area contributed by atoms with E-state index >= 15 is 0 Å². The van der Waals surface area contributed by atoms with Gasteiger partial charge in [0.15, 0.2) is 0 Å². The van der Waals surface area contributed by atoms with Crippen LogP contribution in [-0.4, -0.2) is 40.9 Å². The van der Waals surface area contributed by atoms with Crippen molar-refractivity contribution in [1.29, 1.82) is 0 Å². The number of hydrogen-bond donors (Lipinski definition) is 2. The van der Waals surface area contributed by atoms with Crippen LogP contribution in [0.1, 0.15) is 11.6 Å². The molecule has 7 nitrogen and oxygen atoms in total. The number of aromatic nitrogens is 3. The summed E-state index contributed by atoms with van der Waals surface area (Å²) >= 11 is 0. The minimum Gasteiger partial charge on any atom is -0.467 e. The van der Waals surface area contributed by atoms with Gasteiger partial charge in [0.2, 0.25) is 5.95 Å². The Bertz CT molecular complexity index is 528. The van der Waals surface area contributed by atoms with Gasteiger partial charge in [0, 0.05) is 0 Å². The molecule has 2 aromatic rings. The highest BCUT2D eigenvalue weighted by atomic mass is 16.5. The zero-order valence-corrected chi connectivity index (χ0v) is 11.3. The van der Waals surface area contributed by atoms with Crippen molar-refractivity contribution in [1.82, 2.24) is 15.0 Å². The third-order valence-electron chi connectivity index (χ3n) is 2.65. The Labute approximate surface area is 116 Å². The number of hydrogen-bond acceptors (Lipinski definition) is 7. The summed E-state index contributed by atoms with van der Waals surface area (Å²) in [6.07, 6.45) is 0. The van der Waals surface area contributed by atoms with E-state index in [0.29, 0.717) is 0 Å². The zero-order valence-electron chi connectivity index (χ0n) is 11.3. The molecular weight excluding hydrogens is 260 g/mol. The molecule has 1 atom stereocenters. The van der Waals surface area contributed by atoms with E-state index in [1.807, 2.05) is 30.3 Å². The number of nitrogens with one attached hydrogen (secondary N) is 1. The first-order valence-electron chi connectivity index (χ1n) is 6.03. The molecule has 0 fully saturated rings. The molecule has 2 rings (SSSR count). The van der Waals surface area contributed by atoms with Gasteiger partial charge in [-0.1, -0.05) is 30.3 Å². The first-order chi connectivity index (χ1) is 9.76. The highest BCUT2D eigenvalue weighted by Crippen LogP contribution is 2.19. The second-order valence-corrected chi connectivity index (χ2v) is 3.92. The number of ether oxygens (including phenoxy) is 2. The van der Waals surface area contributed by atoms with Gasteiger partial charge in [-0.05, 0) is 5.56 Å². The molecule has 0 aliphatic carbocycles. The van der Waals surface area contributed by atoms with Gasteiger partial charge in [0.05, 0.1) is 26.9 Å². The third-order valence-corrected chi connectivity index (χ3v) is 2.65. The Balaban J connectivity index is 2.23. The summed E-state index contributed by atoms with van der Waals surface area (Å²) in [7, 11) is 2.92. The lowest BCUT2D eigenvalue weighted by Gasteiger charge is -2.16. The van der Waals surface area contributed by atoms with Crippen LogP contribution in [0.15, 0.2) is 30.3 Å². The molecule has 0 aliphatic heterocycles. The van der Waals surface area contributed by atoms with Gasteiger partial charge >= 0.3 is 12.0 Å². The molecule has 1 aromatic heterocycles. The summed E-state index contributed by atoms with van der Waals surface area (Å²) in [5.41, 5.74) is 0.924. The molecule has 2 N–H and O–H groups in total. The molecular formula is C13H16N4O3. The normalized spacial score (nSPS) is 11.8. The molecule has 0 amide bonds. The van der Waals surface area contributed by atoms with Crippen LogP contribution < -0.4 is 14.8 Å². The summed E-state index contributed by atoms with van der Waals surface area (Å²) < 4.78 is 9.95. The standard InChI is InChI=1S/C13H16N4O3/c1-19-12-15-11(16-13(17-12)20-2)14-10(8-18)9-6-4-3-5-7-9/h3-7,10,18H,8H2,1-2H3,(H,14,15,16,17). The van der Waals surface area contributed by atoms with Crippen LogP contribution in [0.2, 0.25) is 0 Å². The topological polar surface area (TPSA) is 89.4 Å². The molecule has 0 spiro atoms. The van der Waals surface area contributed by atoms with Crippen LogP contribution in [0, 0.1) is 0 Å². The molecule has 0 bridgehead atoms. The Morgan fingerprint density at radius 1 is 1.05 bits per heavy atom. The molecule has 1 heterocycles. The van der Waals surface area contributed by atoms with Crippen LogP contribution in [0.25, 0.3) is 0 Å². The molecule has 106 valence electrons. The molecule has 0 saturated carbocycles. The summed E-state index contributed by atoms with van der Waals surface area (Å²) in [5.74, 6) is 0.275. The fourth-order valence-electron chi connectivity index (χ4n) is 1.66. The molecule has 0 saturated heterocycles. The number of aliphatic hydroxyl groups is 1. The molecule has 1 unspecified atom stereocenters. The largest absolute Gasteiger partial charge is 0.467 e. The number of rotatable bonds is 6. The van der Waals surface area contributed by atoms with Crippen molar-refractivity contribution in [2.24, 2.45) is 0 Å². The van der Waals surface area contributed by atoms with E-state index in [9.17, 15) is 5.11 Å². The van der Waals surface area contributed by atoms with Gasteiger partial charge in [-0.2, -0.15) is 9.97 Å². The van der Waals surface area contributed by atoms with Crippen LogP contribution in [-0.2, 0) is 0 Å². The van der Waals surface area contributed by atoms with Gasteiger partial charge in [-0.15, -0.1) is 4.98 Å². The van der Waals surface area contributed by atoms with Crippen LogP contribution in [0.4, 0.5) is 5.95 Å². The van der Waals surface area contributed by atoms with Gasteiger partial charge < -0.3 is 19.9 Å². The van der Waals surface area contributed by atoms with E-state index in [4.69, 9.17) is 9.47 Å². The van der Waals surface area contributed by atoms with E-state index in [0.717, 1.165) is 5.56 Å². The molecule has 0 radical (unpaired) electrons. The first kappa shape index (κ1) is 14.0. The van der Waals surface area contributed by atoms with Gasteiger partial charge in [0.25, 0.3) is 0 Å². The number of aliphatic hydroxyl groups excluding tert-OH is 1. The lowest BCUT2D eigenvalue weighted by atomic mass is 10.1. The number of methoxy groups -OCH3 is 2. The predicted octanol–water partition coefficient (Wildman–Crippen LogP) is 1.03. The summed E-state index contributed by atoms with van der Waals surface area (Å²) in [6, 6.07) is 9.48. The first-order valence-corrected chi connectivity index (χ1v) is 6.03. The molecule has 0 aliphatic rings. The van der Waals surface area contributed by atoms with Gasteiger partial charge in [0.1, 0.15) is 0 Å². The second-order valence-electron chi connectivity index (χ2n) is 3.92. The van der Waals surface area contributed by atoms with Crippen LogP contribution >= 0.6 is 0 Å². The van der Waals surface area contributed by atoms with Crippen molar-refractivity contribution in [3.05, 3.63) is 35.9 Å². The lowest BCUT2D eigenvalue weighted by Crippen LogP contribution is -2.17. The Morgan fingerprint density at radius 2 is 1.65 bits per heavy atom. The molecule has 7 heteroatoms. The maximum absolute atomic E-state index is 9.50. The SMILES string of the molecule is COc1nc(NC(CO)c2ccccc2)nc(OC)n1. The van der Waals surface area contributed by atoms with E-state index in [-0.39, 0.29) is 30.6 Å². The van der Waals surface area contributed by atoms with Crippen molar-refractivity contribution >= 4 is 5.95 Å². The average Bonchev–Trinajstić information content (AvgIpc) is 2.53. The third kappa shape index (κ3) is 3.33. The summed E-state index contributed by atoms with van der Waals surface area (Å²) in [4.78, 5) is 12.0. The van der Waals surface area contributed by atoms with Crippen LogP contribution in [0.3, 0.4) is 0 Å². The maximum Gasteiger partial charge on any atom is 0.324 e. The number of anilines is 1. The quantitative estimate of drug-likeness (QED) is 0.814. The van der Waals surface area contributed by atoms with E-state index in [1.54, 1.807) is 0 Å². The lowest BCUT2D eigenvalue weighted by molar-refractivity contribution is 0.275. The number of nitrogens with zero attached hydrogens (tertiary/aromatic N) is 3. The van der Waals surface area contributed by atoms with E-state index < -0.39 is 0 Å². The Morgan fingerprint density at radius 3 is 2.15 bits per heavy atom. The highest BCUT2D eigenvalue weighted by Gasteiger charge is 2.14. The van der Waals surface area contributed by atoms with Crippen LogP contribution in [0.5, 0.6) is 12.0 Å². The molecule has 20 heavy (non-hydrogen) atoms. The van der Waals surface area contributed by atoms with Crippen molar-refractivity contribution in [2.45, 2.75) is 6.04 Å². The average molecular weight is 276 g/mol. The van der Waals surface area contributed by atoms with Crippen molar-refractivity contribution in [3.8, 4) is 12.0 Å². The smallest absolute Gasteiger partial charge is 0.324 e. The van der Waals surface area contributed by atoms with Crippen molar-refractivity contribution in [3.63, 3.8) is 0 Å². The highest BCUT2D eigenvalue weighted by molar-refractivity contribution is 5.33. The van der Waals surface area contributed by atoms with Gasteiger partial charge in [-0.25, -0.2) is 0 Å². The van der Waals surface area contributed by atoms with E-state index in [2.05, 4.69) is 20.3 Å². The van der Waals surface area contributed by atoms with Crippen molar-refractivity contribution < 1.29 is 14.6 Å². The number of benzene rings is 1. The molecule has 1 aromatic carbocycles. The zero-order chi connectivity index (χ0) is 14.4. The van der Waals surface area contributed by atoms with Gasteiger partial charge in [-0.3, -0.25) is 0 Å². The Kier molecular flexibility index (Phi) is 4.67. The predicted molar refractivity (Wildman–Crippen MR) is 72.8 cm³/mol. The summed E-state index contributed by atoms with van der Waals surface area (Å²) in [5, 5.41) is 12.5. The fraction of sp³-hybridized carbons (Fsp3) is 0.308. The monoisotopic (exact) mass is 276 g/mol. The second kappa shape index (κ2) is 6.67. The van der Waals surface area contributed by atoms with Crippen molar-refractivity contribution in [2.75, 3.05) is 26.1 Å². The fourth-order valence-corrected chi connectivity index (χ4v) is 1.66. The minimum atomic E-state index is -0.326. The minimum absolute atomic E-state index is 0.0969. The Hall–Kier alpha value is -2.41.